The van der Waals surface area contributed by atoms with E-state index in [1.807, 2.05) is 6.08 Å². The molecular weight excluding hydrogens is 332 g/mol. The van der Waals surface area contributed by atoms with Crippen molar-refractivity contribution >= 4 is 0 Å². The fourth-order valence-corrected chi connectivity index (χ4v) is 2.43. The molecule has 0 radical (unpaired) electrons. The highest BCUT2D eigenvalue weighted by Crippen LogP contribution is 2.08. The van der Waals surface area contributed by atoms with E-state index in [4.69, 9.17) is 23.7 Å². The standard InChI is InChI=1S/C21H42O5/c1-3-4-5-6-7-8-9-10-11-13-23-14-12-15-24-18-19-26-21-20-25-17-16-22-2/h3H,1,4-21H2,2H3. The molecule has 0 spiro atoms. The van der Waals surface area contributed by atoms with Crippen LogP contribution in [0.15, 0.2) is 12.7 Å². The number of ether oxygens (including phenoxy) is 5. The highest BCUT2D eigenvalue weighted by Gasteiger charge is 1.94. The second-order valence-electron chi connectivity index (χ2n) is 6.35. The average molecular weight is 375 g/mol. The van der Waals surface area contributed by atoms with Crippen LogP contribution in [0.3, 0.4) is 0 Å². The van der Waals surface area contributed by atoms with Gasteiger partial charge in [0.05, 0.1) is 39.6 Å². The lowest BCUT2D eigenvalue weighted by atomic mass is 10.1. The van der Waals surface area contributed by atoms with E-state index in [-0.39, 0.29) is 0 Å². The van der Waals surface area contributed by atoms with Crippen LogP contribution >= 0.6 is 0 Å². The van der Waals surface area contributed by atoms with Crippen molar-refractivity contribution in [1.82, 2.24) is 0 Å². The molecule has 0 aliphatic heterocycles. The topological polar surface area (TPSA) is 46.2 Å². The van der Waals surface area contributed by atoms with Gasteiger partial charge in [-0.1, -0.05) is 38.2 Å². The maximum atomic E-state index is 5.64. The van der Waals surface area contributed by atoms with Crippen LogP contribution in [-0.2, 0) is 23.7 Å². The van der Waals surface area contributed by atoms with Crippen LogP contribution in [0, 0.1) is 0 Å². The Bertz CT molecular complexity index is 261. The van der Waals surface area contributed by atoms with Crippen molar-refractivity contribution < 1.29 is 23.7 Å². The summed E-state index contributed by atoms with van der Waals surface area (Å²) in [6.45, 7) is 9.84. The summed E-state index contributed by atoms with van der Waals surface area (Å²) in [6, 6.07) is 0. The Morgan fingerprint density at radius 3 is 1.50 bits per heavy atom. The first-order chi connectivity index (χ1) is 12.9. The molecule has 5 nitrogen and oxygen atoms in total. The number of hydrogen-bond donors (Lipinski definition) is 0. The Hall–Kier alpha value is -0.460. The molecule has 26 heavy (non-hydrogen) atoms. The molecule has 0 N–H and O–H groups in total. The Morgan fingerprint density at radius 2 is 0.923 bits per heavy atom. The number of unbranched alkanes of at least 4 members (excludes halogenated alkanes) is 7. The van der Waals surface area contributed by atoms with Gasteiger partial charge >= 0.3 is 0 Å². The maximum absolute atomic E-state index is 5.64. The molecule has 5 heteroatoms. The molecule has 0 aliphatic carbocycles. The second-order valence-corrected chi connectivity index (χ2v) is 6.35. The lowest BCUT2D eigenvalue weighted by Crippen LogP contribution is -2.12. The summed E-state index contributed by atoms with van der Waals surface area (Å²) in [4.78, 5) is 0. The van der Waals surface area contributed by atoms with Crippen molar-refractivity contribution in [2.75, 3.05) is 66.6 Å². The molecule has 0 aromatic carbocycles. The van der Waals surface area contributed by atoms with Crippen molar-refractivity contribution in [2.45, 2.75) is 57.8 Å². The van der Waals surface area contributed by atoms with E-state index in [0.29, 0.717) is 39.6 Å². The zero-order valence-electron chi connectivity index (χ0n) is 17.1. The van der Waals surface area contributed by atoms with Gasteiger partial charge in [0.15, 0.2) is 0 Å². The van der Waals surface area contributed by atoms with Crippen LogP contribution in [0.2, 0.25) is 0 Å². The molecule has 0 atom stereocenters. The van der Waals surface area contributed by atoms with Gasteiger partial charge in [0.25, 0.3) is 0 Å². The van der Waals surface area contributed by atoms with Crippen molar-refractivity contribution in [3.63, 3.8) is 0 Å². The molecule has 156 valence electrons. The zero-order chi connectivity index (χ0) is 19.0. The monoisotopic (exact) mass is 374 g/mol. The normalized spacial score (nSPS) is 11.1. The van der Waals surface area contributed by atoms with Crippen LogP contribution < -0.4 is 0 Å². The second kappa shape index (κ2) is 24.5. The van der Waals surface area contributed by atoms with Crippen molar-refractivity contribution in [2.24, 2.45) is 0 Å². The maximum Gasteiger partial charge on any atom is 0.0701 e. The first kappa shape index (κ1) is 25.5. The molecule has 0 aliphatic rings. The Kier molecular flexibility index (Phi) is 24.1. The zero-order valence-corrected chi connectivity index (χ0v) is 17.1. The van der Waals surface area contributed by atoms with E-state index in [9.17, 15) is 0 Å². The fraction of sp³-hybridized carbons (Fsp3) is 0.905. The van der Waals surface area contributed by atoms with E-state index in [1.54, 1.807) is 7.11 Å². The van der Waals surface area contributed by atoms with E-state index >= 15 is 0 Å². The minimum absolute atomic E-state index is 0.602. The summed E-state index contributed by atoms with van der Waals surface area (Å²) in [5.74, 6) is 0. The van der Waals surface area contributed by atoms with Gasteiger partial charge in [-0.2, -0.15) is 0 Å². The van der Waals surface area contributed by atoms with Crippen molar-refractivity contribution in [1.29, 1.82) is 0 Å². The summed E-state index contributed by atoms with van der Waals surface area (Å²) in [5.41, 5.74) is 0. The van der Waals surface area contributed by atoms with Crippen molar-refractivity contribution in [3.05, 3.63) is 12.7 Å². The SMILES string of the molecule is C=CCCCCCCCCCOCCCOCCOCCOCCOC. The molecule has 0 fully saturated rings. The summed E-state index contributed by atoms with van der Waals surface area (Å²) in [6.07, 6.45) is 13.3. The Morgan fingerprint density at radius 1 is 0.500 bits per heavy atom. The third-order valence-electron chi connectivity index (χ3n) is 3.95. The van der Waals surface area contributed by atoms with Crippen LogP contribution in [0.4, 0.5) is 0 Å². The van der Waals surface area contributed by atoms with Gasteiger partial charge < -0.3 is 23.7 Å². The smallest absolute Gasteiger partial charge is 0.0701 e. The van der Waals surface area contributed by atoms with Gasteiger partial charge in [0.2, 0.25) is 0 Å². The predicted octanol–water partition coefficient (Wildman–Crippen LogP) is 4.40. The third-order valence-corrected chi connectivity index (χ3v) is 3.95. The molecule has 0 saturated carbocycles. The van der Waals surface area contributed by atoms with Crippen LogP contribution in [0.25, 0.3) is 0 Å². The third kappa shape index (κ3) is 23.5. The van der Waals surface area contributed by atoms with Crippen LogP contribution in [0.1, 0.15) is 57.8 Å². The minimum atomic E-state index is 0.602. The van der Waals surface area contributed by atoms with Crippen LogP contribution in [-0.4, -0.2) is 66.6 Å². The quantitative estimate of drug-likeness (QED) is 0.196. The molecule has 0 heterocycles. The van der Waals surface area contributed by atoms with Crippen LogP contribution in [0.5, 0.6) is 0 Å². The largest absolute Gasteiger partial charge is 0.382 e. The van der Waals surface area contributed by atoms with E-state index in [1.165, 1.54) is 44.9 Å². The molecule has 0 bridgehead atoms. The average Bonchev–Trinajstić information content (AvgIpc) is 2.66. The summed E-state index contributed by atoms with van der Waals surface area (Å²) in [7, 11) is 1.66. The first-order valence-corrected chi connectivity index (χ1v) is 10.3. The number of hydrogen-bond acceptors (Lipinski definition) is 5. The lowest BCUT2D eigenvalue weighted by Gasteiger charge is -2.07. The molecule has 0 unspecified atom stereocenters. The molecule has 0 amide bonds. The van der Waals surface area contributed by atoms with Gasteiger partial charge in [-0.3, -0.25) is 0 Å². The van der Waals surface area contributed by atoms with E-state index in [0.717, 1.165) is 32.7 Å². The molecule has 0 saturated heterocycles. The first-order valence-electron chi connectivity index (χ1n) is 10.3. The highest BCUT2D eigenvalue weighted by atomic mass is 16.6. The van der Waals surface area contributed by atoms with Gasteiger partial charge in [0.1, 0.15) is 0 Å². The number of rotatable bonds is 23. The Labute approximate surface area is 161 Å². The van der Waals surface area contributed by atoms with E-state index < -0.39 is 0 Å². The summed E-state index contributed by atoms with van der Waals surface area (Å²) < 4.78 is 26.7. The Balaban J connectivity index is 2.96. The van der Waals surface area contributed by atoms with Gasteiger partial charge in [0, 0.05) is 26.9 Å². The number of methoxy groups -OCH3 is 1. The van der Waals surface area contributed by atoms with Gasteiger partial charge in [-0.05, 0) is 25.7 Å². The minimum Gasteiger partial charge on any atom is -0.382 e. The predicted molar refractivity (Wildman–Crippen MR) is 107 cm³/mol. The van der Waals surface area contributed by atoms with Gasteiger partial charge in [-0.25, -0.2) is 0 Å². The molecule has 0 aromatic heterocycles. The lowest BCUT2D eigenvalue weighted by molar-refractivity contribution is 0.000569. The van der Waals surface area contributed by atoms with E-state index in [2.05, 4.69) is 6.58 Å². The van der Waals surface area contributed by atoms with Gasteiger partial charge in [-0.15, -0.1) is 6.58 Å². The fourth-order valence-electron chi connectivity index (χ4n) is 2.43. The highest BCUT2D eigenvalue weighted by molar-refractivity contribution is 4.65. The molecule has 0 rings (SSSR count). The summed E-state index contributed by atoms with van der Waals surface area (Å²) in [5, 5.41) is 0. The summed E-state index contributed by atoms with van der Waals surface area (Å²) >= 11 is 0. The molecule has 0 aromatic rings. The molecular formula is C21H42O5. The van der Waals surface area contributed by atoms with Crippen molar-refractivity contribution in [3.8, 4) is 0 Å². The number of allylic oxidation sites excluding steroid dienone is 1.